The number of carbonyl (C=O) groups excluding carboxylic acids is 2. The summed E-state index contributed by atoms with van der Waals surface area (Å²) >= 11 is 0. The van der Waals surface area contributed by atoms with Crippen LogP contribution < -0.4 is 11.4 Å². The first kappa shape index (κ1) is 64.3. The summed E-state index contributed by atoms with van der Waals surface area (Å²) in [6.07, 6.45) is 41.4. The third-order valence-corrected chi connectivity index (χ3v) is 13.9. The molecule has 1 aromatic heterocycles. The van der Waals surface area contributed by atoms with Crippen molar-refractivity contribution in [2.45, 2.75) is 199 Å². The maximum Gasteiger partial charge on any atom is 0.481 e. The van der Waals surface area contributed by atoms with Gasteiger partial charge in [-0.05, 0) is 83.1 Å². The van der Waals surface area contributed by atoms with Crippen LogP contribution in [-0.2, 0) is 46.3 Å². The number of esters is 2. The number of aliphatic hydroxyl groups excluding tert-OH is 2. The molecule has 0 amide bonds. The van der Waals surface area contributed by atoms with Crippen molar-refractivity contribution in [1.29, 1.82) is 0 Å². The fraction of sp³-hybridized carbons (Fsp3) is 0.654. The number of phosphoric ester groups is 2. The van der Waals surface area contributed by atoms with E-state index < -0.39 is 83.7 Å². The molecule has 2 rings (SSSR count). The molecule has 7 atom stereocenters. The number of phosphoric acid groups is 2. The average Bonchev–Trinajstić information content (AvgIpc) is 3.62. The zero-order valence-electron chi connectivity index (χ0n) is 42.7. The molecule has 1 aliphatic heterocycles. The molecule has 0 radical (unpaired) electrons. The molecule has 1 aromatic rings. The number of allylic oxidation sites excluding steroid dienone is 12. The minimum Gasteiger partial charge on any atom is -0.462 e. The number of anilines is 1. The van der Waals surface area contributed by atoms with Gasteiger partial charge in [0.2, 0.25) is 0 Å². The normalized spacial score (nSPS) is 19.6. The Labute approximate surface area is 427 Å². The fourth-order valence-electron chi connectivity index (χ4n) is 7.23. The van der Waals surface area contributed by atoms with Crippen LogP contribution in [0.1, 0.15) is 174 Å². The Morgan fingerprint density at radius 3 is 1.74 bits per heavy atom. The summed E-state index contributed by atoms with van der Waals surface area (Å²) in [7, 11) is -10.9. The van der Waals surface area contributed by atoms with Gasteiger partial charge in [-0.1, -0.05) is 151 Å². The predicted octanol–water partition coefficient (Wildman–Crippen LogP) is 10.9. The van der Waals surface area contributed by atoms with Gasteiger partial charge in [-0.15, -0.1) is 0 Å². The number of hydrogen-bond acceptors (Lipinski definition) is 15. The van der Waals surface area contributed by atoms with Gasteiger partial charge in [0, 0.05) is 19.0 Å². The number of hydrogen-bond donors (Lipinski definition) is 5. The third-order valence-electron chi connectivity index (χ3n) is 11.3. The van der Waals surface area contributed by atoms with E-state index in [9.17, 15) is 43.5 Å². The molecule has 18 nitrogen and oxygen atoms in total. The Morgan fingerprint density at radius 1 is 0.667 bits per heavy atom. The van der Waals surface area contributed by atoms with Gasteiger partial charge in [0.15, 0.2) is 12.3 Å². The second-order valence-corrected chi connectivity index (χ2v) is 20.7. The van der Waals surface area contributed by atoms with Crippen molar-refractivity contribution in [3.63, 3.8) is 0 Å². The van der Waals surface area contributed by atoms with Gasteiger partial charge in [0.25, 0.3) is 0 Å². The monoisotopic (exact) mass is 1050 g/mol. The molecule has 1 saturated heterocycles. The maximum absolute atomic E-state index is 12.8. The van der Waals surface area contributed by atoms with Crippen LogP contribution in [0.4, 0.5) is 5.82 Å². The Bertz CT molecular complexity index is 1990. The Balaban J connectivity index is 1.84. The largest absolute Gasteiger partial charge is 0.481 e. The van der Waals surface area contributed by atoms with Gasteiger partial charge in [0.1, 0.15) is 30.7 Å². The second-order valence-electron chi connectivity index (χ2n) is 17.7. The molecule has 0 aromatic carbocycles. The smallest absolute Gasteiger partial charge is 0.462 e. The first-order valence-corrected chi connectivity index (χ1v) is 28.9. The Kier molecular flexibility index (Phi) is 35.4. The minimum atomic E-state index is -5.44. The minimum absolute atomic E-state index is 0.0778. The lowest BCUT2D eigenvalue weighted by molar-refractivity contribution is -0.161. The first-order chi connectivity index (χ1) is 34.7. The lowest BCUT2D eigenvalue weighted by Gasteiger charge is -2.21. The van der Waals surface area contributed by atoms with Crippen molar-refractivity contribution in [3.8, 4) is 0 Å². The molecule has 0 spiro atoms. The van der Waals surface area contributed by atoms with E-state index in [0.717, 1.165) is 75.0 Å². The number of aliphatic hydroxyl groups is 2. The van der Waals surface area contributed by atoms with Crippen molar-refractivity contribution >= 4 is 33.4 Å². The van der Waals surface area contributed by atoms with Crippen LogP contribution in [-0.4, -0.2) is 85.7 Å². The first-order valence-electron chi connectivity index (χ1n) is 25.9. The van der Waals surface area contributed by atoms with E-state index in [4.69, 9.17) is 29.0 Å². The third kappa shape index (κ3) is 31.7. The highest BCUT2D eigenvalue weighted by molar-refractivity contribution is 7.61. The molecular formula is C52H85N3O15P2. The van der Waals surface area contributed by atoms with E-state index in [1.807, 2.05) is 24.3 Å². The molecule has 0 bridgehead atoms. The number of aromatic nitrogens is 2. The molecular weight excluding hydrogens is 969 g/mol. The van der Waals surface area contributed by atoms with Gasteiger partial charge in [-0.25, -0.2) is 13.9 Å². The van der Waals surface area contributed by atoms with Crippen molar-refractivity contribution in [2.24, 2.45) is 0 Å². The second kappa shape index (κ2) is 39.6. The molecule has 1 aliphatic rings. The number of unbranched alkanes of at least 4 members (excludes halogenated alkanes) is 14. The van der Waals surface area contributed by atoms with Gasteiger partial charge < -0.3 is 39.9 Å². The summed E-state index contributed by atoms with van der Waals surface area (Å²) in [4.78, 5) is 61.9. The van der Waals surface area contributed by atoms with Gasteiger partial charge >= 0.3 is 33.3 Å². The van der Waals surface area contributed by atoms with E-state index in [1.54, 1.807) is 0 Å². The number of rotatable bonds is 42. The molecule has 408 valence electrons. The zero-order valence-corrected chi connectivity index (χ0v) is 44.5. The SMILES string of the molecule is CCCCC/C=C\C/C=C\C/C=C\C/C=C\C/C=C\CCC(=O)O[C@H](COC(=O)CCCCCCC/C=C\CCCCCCCC)COP(=O)(O)OP(=O)(O)OC[C@H]1O[C@@H](n2ccc(N)nc2=O)C(O)[C@H]1O. The fourth-order valence-corrected chi connectivity index (χ4v) is 9.34. The van der Waals surface area contributed by atoms with E-state index in [0.29, 0.717) is 19.3 Å². The quantitative estimate of drug-likeness (QED) is 0.0176. The van der Waals surface area contributed by atoms with Gasteiger partial charge in [0.05, 0.1) is 13.2 Å². The predicted molar refractivity (Wildman–Crippen MR) is 279 cm³/mol. The summed E-state index contributed by atoms with van der Waals surface area (Å²) in [5.74, 6) is -1.41. The van der Waals surface area contributed by atoms with Crippen molar-refractivity contribution in [3.05, 3.63) is 95.7 Å². The molecule has 0 saturated carbocycles. The number of nitrogens with zero attached hydrogens (tertiary/aromatic N) is 2. The van der Waals surface area contributed by atoms with Crippen LogP contribution in [0.15, 0.2) is 90.0 Å². The van der Waals surface area contributed by atoms with Crippen LogP contribution in [0, 0.1) is 0 Å². The summed E-state index contributed by atoms with van der Waals surface area (Å²) in [5, 5.41) is 20.9. The number of nitrogens with two attached hydrogens (primary N) is 1. The number of ether oxygens (including phenoxy) is 3. The summed E-state index contributed by atoms with van der Waals surface area (Å²) in [6.45, 7) is 2.04. The van der Waals surface area contributed by atoms with Crippen LogP contribution >= 0.6 is 15.6 Å². The van der Waals surface area contributed by atoms with Gasteiger partial charge in [-0.3, -0.25) is 23.2 Å². The number of carbonyl (C=O) groups is 2. The molecule has 0 aliphatic carbocycles. The number of nitrogen functional groups attached to an aromatic ring is 1. The van der Waals surface area contributed by atoms with Crippen LogP contribution in [0.25, 0.3) is 0 Å². The van der Waals surface area contributed by atoms with Crippen LogP contribution in [0.5, 0.6) is 0 Å². The summed E-state index contributed by atoms with van der Waals surface area (Å²) in [6, 6.07) is 1.24. The van der Waals surface area contributed by atoms with Gasteiger partial charge in [-0.2, -0.15) is 9.29 Å². The van der Waals surface area contributed by atoms with Crippen molar-refractivity contribution in [2.75, 3.05) is 25.6 Å². The summed E-state index contributed by atoms with van der Waals surface area (Å²) < 4.78 is 56.7. The molecule has 72 heavy (non-hydrogen) atoms. The van der Waals surface area contributed by atoms with E-state index >= 15 is 0 Å². The molecule has 3 unspecified atom stereocenters. The topological polar surface area (TPSA) is 265 Å². The average molecular weight is 1050 g/mol. The molecule has 2 heterocycles. The molecule has 20 heteroatoms. The molecule has 1 fully saturated rings. The summed E-state index contributed by atoms with van der Waals surface area (Å²) in [5.41, 5.74) is 4.58. The highest BCUT2D eigenvalue weighted by Crippen LogP contribution is 2.60. The molecule has 6 N–H and O–H groups in total. The zero-order chi connectivity index (χ0) is 52.7. The lowest BCUT2D eigenvalue weighted by atomic mass is 10.1. The maximum atomic E-state index is 12.8. The van der Waals surface area contributed by atoms with E-state index in [-0.39, 0.29) is 18.7 Å². The Morgan fingerprint density at radius 2 is 1.15 bits per heavy atom. The van der Waals surface area contributed by atoms with Crippen LogP contribution in [0.3, 0.4) is 0 Å². The highest BCUT2D eigenvalue weighted by Gasteiger charge is 2.46. The standard InChI is InChI=1S/C52H85N3O15P2/c1-3-5-7-9-11-13-15-17-19-20-21-22-24-26-28-30-32-34-36-38-48(57)68-44(41-65-47(56)37-35-33-31-29-27-25-23-18-16-14-12-10-8-6-4-2)42-66-71(61,62)70-72(63,64)67-43-45-49(58)50(59)51(69-45)55-40-39-46(53)54-52(55)60/h11,13,17-19,21-23,26,28,32,34,39-40,44-45,49-51,58-59H,3-10,12,14-16,20,24-25,27,29-31,33,35-38,41-43H2,1-2H3,(H,61,62)(H,63,64)(H2,53,54,60)/b13-11-,19-17-,22-21-,23-18-,28-26-,34-32-/t44-,45-,49+,50?,51-/m1/s1. The van der Waals surface area contributed by atoms with E-state index in [1.165, 1.54) is 63.9 Å². The lowest BCUT2D eigenvalue weighted by Crippen LogP contribution is -2.36. The van der Waals surface area contributed by atoms with Crippen LogP contribution in [0.2, 0.25) is 0 Å². The Hall–Kier alpha value is -3.80. The highest BCUT2D eigenvalue weighted by atomic mass is 31.3. The van der Waals surface area contributed by atoms with Crippen molar-refractivity contribution in [1.82, 2.24) is 9.55 Å². The van der Waals surface area contributed by atoms with Crippen molar-refractivity contribution < 1.29 is 66.3 Å². The van der Waals surface area contributed by atoms with E-state index in [2.05, 4.69) is 71.8 Å².